The minimum Gasteiger partial charge on any atom is -0.382 e. The number of nitrogens with zero attached hydrogens (tertiary/aromatic N) is 2. The molecule has 3 nitrogen and oxygen atoms in total. The van der Waals surface area contributed by atoms with E-state index >= 15 is 0 Å². The fraction of sp³-hybridized carbons (Fsp3) is 0.429. The Bertz CT molecular complexity index is 702. The molecule has 0 fully saturated rings. The summed E-state index contributed by atoms with van der Waals surface area (Å²) in [4.78, 5) is 8.49. The Balaban J connectivity index is 2.59. The van der Waals surface area contributed by atoms with Crippen LogP contribution in [0.15, 0.2) is 5.57 Å². The van der Waals surface area contributed by atoms with Crippen LogP contribution in [0.25, 0.3) is 16.3 Å². The molecule has 2 N–H and O–H groups in total. The van der Waals surface area contributed by atoms with Crippen molar-refractivity contribution in [3.63, 3.8) is 0 Å². The fourth-order valence-corrected chi connectivity index (χ4v) is 3.11. The van der Waals surface area contributed by atoms with Crippen molar-refractivity contribution in [1.29, 1.82) is 0 Å². The molecule has 2 rings (SSSR count). The van der Waals surface area contributed by atoms with E-state index in [0.29, 0.717) is 11.1 Å². The Morgan fingerprint density at radius 1 is 1.33 bits per heavy atom. The van der Waals surface area contributed by atoms with Gasteiger partial charge in [-0.25, -0.2) is 9.97 Å². The van der Waals surface area contributed by atoms with E-state index in [1.165, 1.54) is 11.3 Å². The number of alkyl halides is 3. The van der Waals surface area contributed by atoms with Crippen molar-refractivity contribution in [2.75, 3.05) is 5.73 Å². The second-order valence-corrected chi connectivity index (χ2v) is 5.95. The molecule has 114 valence electrons. The largest absolute Gasteiger partial charge is 0.412 e. The minimum atomic E-state index is -4.36. The van der Waals surface area contributed by atoms with Gasteiger partial charge in [0.15, 0.2) is 5.82 Å². The average molecular weight is 315 g/mol. The molecule has 0 radical (unpaired) electrons. The molecule has 0 spiro atoms. The molecule has 7 heteroatoms. The third-order valence-electron chi connectivity index (χ3n) is 3.14. The van der Waals surface area contributed by atoms with E-state index in [0.717, 1.165) is 35.5 Å². The van der Waals surface area contributed by atoms with Crippen LogP contribution in [0.5, 0.6) is 0 Å². The molecule has 0 saturated heterocycles. The highest BCUT2D eigenvalue weighted by Gasteiger charge is 2.30. The highest BCUT2D eigenvalue weighted by Crippen LogP contribution is 2.33. The lowest BCUT2D eigenvalue weighted by molar-refractivity contribution is -0.0903. The highest BCUT2D eigenvalue weighted by atomic mass is 32.1. The van der Waals surface area contributed by atoms with E-state index in [1.807, 2.05) is 6.92 Å². The third kappa shape index (κ3) is 3.18. The zero-order valence-electron chi connectivity index (χ0n) is 12.0. The second-order valence-electron chi connectivity index (χ2n) is 4.87. The van der Waals surface area contributed by atoms with E-state index in [9.17, 15) is 13.2 Å². The topological polar surface area (TPSA) is 51.8 Å². The van der Waals surface area contributed by atoms with Crippen molar-refractivity contribution in [2.45, 2.75) is 39.8 Å². The summed E-state index contributed by atoms with van der Waals surface area (Å²) < 4.78 is 38.8. The van der Waals surface area contributed by atoms with Gasteiger partial charge < -0.3 is 5.73 Å². The molecule has 2 aromatic rings. The Labute approximate surface area is 124 Å². The van der Waals surface area contributed by atoms with Gasteiger partial charge in [0.2, 0.25) is 0 Å². The molecule has 2 heterocycles. The SMILES string of the molecule is CCCc1nc2c(N)nc(/C=C(\C)C(F)(F)F)c(C)c2s1. The third-order valence-corrected chi connectivity index (χ3v) is 4.38. The molecule has 0 unspecified atom stereocenters. The van der Waals surface area contributed by atoms with Crippen LogP contribution in [0.4, 0.5) is 19.0 Å². The molecule has 0 aromatic carbocycles. The second kappa shape index (κ2) is 5.63. The van der Waals surface area contributed by atoms with Crippen molar-refractivity contribution in [3.05, 3.63) is 21.8 Å². The number of rotatable bonds is 3. The van der Waals surface area contributed by atoms with Crippen molar-refractivity contribution in [3.8, 4) is 0 Å². The summed E-state index contributed by atoms with van der Waals surface area (Å²) in [5.41, 5.74) is 6.66. The van der Waals surface area contributed by atoms with Crippen LogP contribution in [0.2, 0.25) is 0 Å². The van der Waals surface area contributed by atoms with Gasteiger partial charge in [0.25, 0.3) is 0 Å². The number of nitrogen functional groups attached to an aromatic ring is 1. The number of aryl methyl sites for hydroxylation is 2. The molecule has 0 bridgehead atoms. The lowest BCUT2D eigenvalue weighted by Gasteiger charge is -2.08. The maximum atomic E-state index is 12.6. The Morgan fingerprint density at radius 2 is 2.00 bits per heavy atom. The first-order chi connectivity index (χ1) is 9.74. The van der Waals surface area contributed by atoms with Crippen LogP contribution < -0.4 is 5.73 Å². The quantitative estimate of drug-likeness (QED) is 0.907. The Kier molecular flexibility index (Phi) is 4.22. The van der Waals surface area contributed by atoms with Crippen LogP contribution in [0.1, 0.15) is 36.5 Å². The lowest BCUT2D eigenvalue weighted by Crippen LogP contribution is -2.09. The van der Waals surface area contributed by atoms with E-state index in [4.69, 9.17) is 5.73 Å². The smallest absolute Gasteiger partial charge is 0.382 e. The Hall–Kier alpha value is -1.63. The monoisotopic (exact) mass is 315 g/mol. The molecule has 0 aliphatic carbocycles. The van der Waals surface area contributed by atoms with Crippen LogP contribution in [0.3, 0.4) is 0 Å². The minimum absolute atomic E-state index is 0.176. The van der Waals surface area contributed by atoms with Gasteiger partial charge in [-0.3, -0.25) is 0 Å². The molecular formula is C14H16F3N3S. The summed E-state index contributed by atoms with van der Waals surface area (Å²) in [6.07, 6.45) is -1.56. The summed E-state index contributed by atoms with van der Waals surface area (Å²) in [7, 11) is 0. The molecule has 0 saturated carbocycles. The van der Waals surface area contributed by atoms with E-state index in [1.54, 1.807) is 6.92 Å². The number of aromatic nitrogens is 2. The molecular weight excluding hydrogens is 299 g/mol. The van der Waals surface area contributed by atoms with Gasteiger partial charge in [0.1, 0.15) is 5.52 Å². The predicted octanol–water partition coefficient (Wildman–Crippen LogP) is 4.50. The van der Waals surface area contributed by atoms with Crippen LogP contribution in [0, 0.1) is 6.92 Å². The van der Waals surface area contributed by atoms with Gasteiger partial charge in [0.05, 0.1) is 15.4 Å². The lowest BCUT2D eigenvalue weighted by atomic mass is 10.1. The van der Waals surface area contributed by atoms with Crippen molar-refractivity contribution < 1.29 is 13.2 Å². The average Bonchev–Trinajstić information content (AvgIpc) is 2.79. The predicted molar refractivity (Wildman–Crippen MR) is 80.3 cm³/mol. The maximum Gasteiger partial charge on any atom is 0.412 e. The number of allylic oxidation sites excluding steroid dienone is 1. The molecule has 0 aliphatic rings. The van der Waals surface area contributed by atoms with Crippen molar-refractivity contribution >= 4 is 33.4 Å². The zero-order valence-corrected chi connectivity index (χ0v) is 12.8. The normalized spacial score (nSPS) is 13.1. The van der Waals surface area contributed by atoms with Gasteiger partial charge >= 0.3 is 6.18 Å². The first kappa shape index (κ1) is 15.8. The first-order valence-electron chi connectivity index (χ1n) is 6.55. The number of nitrogens with two attached hydrogens (primary N) is 1. The van der Waals surface area contributed by atoms with Crippen LogP contribution >= 0.6 is 11.3 Å². The number of anilines is 1. The van der Waals surface area contributed by atoms with E-state index in [2.05, 4.69) is 9.97 Å². The fourth-order valence-electron chi connectivity index (χ4n) is 1.92. The van der Waals surface area contributed by atoms with E-state index in [-0.39, 0.29) is 11.5 Å². The number of thiazole rings is 1. The zero-order chi connectivity index (χ0) is 15.8. The van der Waals surface area contributed by atoms with Crippen molar-refractivity contribution in [2.24, 2.45) is 0 Å². The molecule has 0 atom stereocenters. The summed E-state index contributed by atoms with van der Waals surface area (Å²) in [6, 6.07) is 0. The molecule has 2 aromatic heterocycles. The summed E-state index contributed by atoms with van der Waals surface area (Å²) in [5.74, 6) is 0.176. The van der Waals surface area contributed by atoms with Gasteiger partial charge in [-0.05, 0) is 38.3 Å². The van der Waals surface area contributed by atoms with Gasteiger partial charge in [0, 0.05) is 5.57 Å². The van der Waals surface area contributed by atoms with Gasteiger partial charge in [-0.15, -0.1) is 11.3 Å². The highest BCUT2D eigenvalue weighted by molar-refractivity contribution is 7.18. The van der Waals surface area contributed by atoms with Gasteiger partial charge in [-0.1, -0.05) is 6.92 Å². The van der Waals surface area contributed by atoms with Gasteiger partial charge in [-0.2, -0.15) is 13.2 Å². The number of halogens is 3. The summed E-state index contributed by atoms with van der Waals surface area (Å²) >= 11 is 1.47. The number of fused-ring (bicyclic) bond motifs is 1. The van der Waals surface area contributed by atoms with Crippen LogP contribution in [-0.4, -0.2) is 16.1 Å². The van der Waals surface area contributed by atoms with Crippen molar-refractivity contribution in [1.82, 2.24) is 9.97 Å². The number of hydrogen-bond acceptors (Lipinski definition) is 4. The number of pyridine rings is 1. The first-order valence-corrected chi connectivity index (χ1v) is 7.36. The number of hydrogen-bond donors (Lipinski definition) is 1. The van der Waals surface area contributed by atoms with Crippen LogP contribution in [-0.2, 0) is 6.42 Å². The molecule has 21 heavy (non-hydrogen) atoms. The maximum absolute atomic E-state index is 12.6. The summed E-state index contributed by atoms with van der Waals surface area (Å²) in [6.45, 7) is 4.82. The standard InChI is InChI=1S/C14H16F3N3S/c1-4-5-10-20-11-12(21-10)8(3)9(19-13(11)18)6-7(2)14(15,16)17/h6H,4-5H2,1-3H3,(H2,18,19)/b7-6+. The summed E-state index contributed by atoms with van der Waals surface area (Å²) in [5, 5.41) is 0.928. The Morgan fingerprint density at radius 3 is 2.57 bits per heavy atom. The molecule has 0 amide bonds. The molecule has 0 aliphatic heterocycles. The van der Waals surface area contributed by atoms with E-state index < -0.39 is 11.7 Å².